The molecule has 1 aromatic heterocycles. The lowest BCUT2D eigenvalue weighted by Crippen LogP contribution is -2.08. The van der Waals surface area contributed by atoms with Crippen LogP contribution in [0, 0.1) is 6.92 Å². The molecule has 1 N–H and O–H groups in total. The van der Waals surface area contributed by atoms with Crippen LogP contribution in [0.2, 0.25) is 0 Å². The average molecular weight is 289 g/mol. The van der Waals surface area contributed by atoms with Gasteiger partial charge in [-0.25, -0.2) is 4.79 Å². The largest absolute Gasteiger partial charge is 0.507 e. The van der Waals surface area contributed by atoms with Gasteiger partial charge in [0.25, 0.3) is 0 Å². The second kappa shape index (κ2) is 5.60. The van der Waals surface area contributed by atoms with Crippen molar-refractivity contribution < 1.29 is 19.4 Å². The Balaban J connectivity index is 2.94. The van der Waals surface area contributed by atoms with Crippen molar-refractivity contribution in [1.82, 2.24) is 4.57 Å². The fraction of sp³-hybridized carbons (Fsp3) is 0.375. The van der Waals surface area contributed by atoms with Crippen molar-refractivity contribution in [3.05, 3.63) is 29.0 Å². The number of aldehydes is 1. The van der Waals surface area contributed by atoms with E-state index in [1.165, 1.54) is 6.07 Å². The molecular formula is C16H19NO4. The molecule has 112 valence electrons. The van der Waals surface area contributed by atoms with Crippen LogP contribution in [0.3, 0.4) is 0 Å². The maximum absolute atomic E-state index is 12.3. The Labute approximate surface area is 123 Å². The molecule has 0 amide bonds. The maximum atomic E-state index is 12.3. The zero-order valence-corrected chi connectivity index (χ0v) is 12.6. The normalized spacial score (nSPS) is 11.1. The summed E-state index contributed by atoms with van der Waals surface area (Å²) >= 11 is 0. The standard InChI is InChI=1S/C16H19NO4/c1-5-21-16(20)14-10(4)17(9(2)3)12-6-7-13(19)11(8-18)15(12)14/h6-9,19H,5H2,1-4H3. The molecule has 2 aromatic rings. The van der Waals surface area contributed by atoms with Crippen LogP contribution < -0.4 is 0 Å². The first-order valence-corrected chi connectivity index (χ1v) is 6.92. The van der Waals surface area contributed by atoms with E-state index in [4.69, 9.17) is 4.74 Å². The van der Waals surface area contributed by atoms with Crippen LogP contribution >= 0.6 is 0 Å². The molecule has 0 aliphatic heterocycles. The number of phenolic OH excluding ortho intramolecular Hbond substituents is 1. The minimum atomic E-state index is -0.479. The Morgan fingerprint density at radius 2 is 2.10 bits per heavy atom. The molecule has 0 aliphatic carbocycles. The smallest absolute Gasteiger partial charge is 0.340 e. The molecule has 0 saturated carbocycles. The molecule has 0 atom stereocenters. The first-order chi connectivity index (χ1) is 9.93. The van der Waals surface area contributed by atoms with Crippen LogP contribution in [-0.2, 0) is 4.74 Å². The van der Waals surface area contributed by atoms with Crippen molar-refractivity contribution in [2.45, 2.75) is 33.7 Å². The van der Waals surface area contributed by atoms with Crippen molar-refractivity contribution in [3.63, 3.8) is 0 Å². The number of phenols is 1. The number of aromatic hydroxyl groups is 1. The summed E-state index contributed by atoms with van der Waals surface area (Å²) in [6.07, 6.45) is 0.574. The average Bonchev–Trinajstić information content (AvgIpc) is 2.71. The molecular weight excluding hydrogens is 270 g/mol. The molecule has 0 spiro atoms. The quantitative estimate of drug-likeness (QED) is 0.693. The van der Waals surface area contributed by atoms with Gasteiger partial charge in [0.2, 0.25) is 0 Å². The lowest BCUT2D eigenvalue weighted by molar-refractivity contribution is 0.0527. The molecule has 0 radical (unpaired) electrons. The summed E-state index contributed by atoms with van der Waals surface area (Å²) in [5.41, 5.74) is 1.94. The van der Waals surface area contributed by atoms with E-state index in [1.807, 2.05) is 25.3 Å². The van der Waals surface area contributed by atoms with E-state index in [2.05, 4.69) is 0 Å². The lowest BCUT2D eigenvalue weighted by Gasteiger charge is -2.12. The molecule has 0 fully saturated rings. The van der Waals surface area contributed by atoms with Crippen LogP contribution in [0.15, 0.2) is 12.1 Å². The van der Waals surface area contributed by atoms with Gasteiger partial charge in [0, 0.05) is 17.1 Å². The molecule has 2 rings (SSSR count). The minimum Gasteiger partial charge on any atom is -0.507 e. The first-order valence-electron chi connectivity index (χ1n) is 6.92. The molecule has 5 heteroatoms. The highest BCUT2D eigenvalue weighted by atomic mass is 16.5. The molecule has 0 bridgehead atoms. The zero-order valence-electron chi connectivity index (χ0n) is 12.6. The van der Waals surface area contributed by atoms with E-state index in [1.54, 1.807) is 13.0 Å². The molecule has 1 heterocycles. The second-order valence-electron chi connectivity index (χ2n) is 5.15. The van der Waals surface area contributed by atoms with E-state index in [0.717, 1.165) is 11.2 Å². The molecule has 0 aliphatic rings. The summed E-state index contributed by atoms with van der Waals surface area (Å²) in [6, 6.07) is 3.30. The van der Waals surface area contributed by atoms with Crippen molar-refractivity contribution in [2.75, 3.05) is 6.61 Å². The Bertz CT molecular complexity index is 713. The Morgan fingerprint density at radius 3 is 2.62 bits per heavy atom. The summed E-state index contributed by atoms with van der Waals surface area (Å²) in [7, 11) is 0. The number of benzene rings is 1. The number of rotatable bonds is 4. The minimum absolute atomic E-state index is 0.111. The van der Waals surface area contributed by atoms with Gasteiger partial charge in [-0.2, -0.15) is 0 Å². The summed E-state index contributed by atoms with van der Waals surface area (Å²) in [5, 5.41) is 10.3. The topological polar surface area (TPSA) is 68.5 Å². The maximum Gasteiger partial charge on any atom is 0.340 e. The van der Waals surface area contributed by atoms with Crippen LogP contribution in [-0.4, -0.2) is 28.5 Å². The van der Waals surface area contributed by atoms with Crippen molar-refractivity contribution in [1.29, 1.82) is 0 Å². The predicted molar refractivity (Wildman–Crippen MR) is 80.1 cm³/mol. The van der Waals surface area contributed by atoms with Crippen LogP contribution in [0.5, 0.6) is 5.75 Å². The third kappa shape index (κ3) is 2.28. The van der Waals surface area contributed by atoms with E-state index in [0.29, 0.717) is 17.2 Å². The zero-order chi connectivity index (χ0) is 15.7. The monoisotopic (exact) mass is 289 g/mol. The fourth-order valence-corrected chi connectivity index (χ4v) is 2.78. The lowest BCUT2D eigenvalue weighted by atomic mass is 10.0. The number of aromatic nitrogens is 1. The molecule has 5 nitrogen and oxygen atoms in total. The second-order valence-corrected chi connectivity index (χ2v) is 5.15. The van der Waals surface area contributed by atoms with Crippen molar-refractivity contribution >= 4 is 23.2 Å². The fourth-order valence-electron chi connectivity index (χ4n) is 2.78. The van der Waals surface area contributed by atoms with Gasteiger partial charge in [-0.15, -0.1) is 0 Å². The number of carbonyl (C=O) groups is 2. The predicted octanol–water partition coefficient (Wildman–Crippen LogP) is 3.23. The van der Waals surface area contributed by atoms with Gasteiger partial charge >= 0.3 is 5.97 Å². The highest BCUT2D eigenvalue weighted by Gasteiger charge is 2.25. The van der Waals surface area contributed by atoms with Gasteiger partial charge in [0.15, 0.2) is 6.29 Å². The highest BCUT2D eigenvalue weighted by Crippen LogP contribution is 2.35. The van der Waals surface area contributed by atoms with Gasteiger partial charge in [-0.3, -0.25) is 4.79 Å². The Hall–Kier alpha value is -2.30. The van der Waals surface area contributed by atoms with Crippen molar-refractivity contribution in [2.24, 2.45) is 0 Å². The number of esters is 1. The molecule has 21 heavy (non-hydrogen) atoms. The van der Waals surface area contributed by atoms with E-state index < -0.39 is 5.97 Å². The van der Waals surface area contributed by atoms with Gasteiger partial charge in [-0.05, 0) is 39.8 Å². The number of hydrogen-bond acceptors (Lipinski definition) is 4. The number of nitrogens with zero attached hydrogens (tertiary/aromatic N) is 1. The van der Waals surface area contributed by atoms with Gasteiger partial charge in [0.05, 0.1) is 23.3 Å². The van der Waals surface area contributed by atoms with Crippen LogP contribution in [0.25, 0.3) is 10.9 Å². The third-order valence-electron chi connectivity index (χ3n) is 3.55. The van der Waals surface area contributed by atoms with E-state index in [-0.39, 0.29) is 24.0 Å². The molecule has 1 aromatic carbocycles. The SMILES string of the molecule is CCOC(=O)c1c(C)n(C(C)C)c2ccc(O)c(C=O)c12. The number of hydrogen-bond donors (Lipinski definition) is 1. The van der Waals surface area contributed by atoms with Gasteiger partial charge in [-0.1, -0.05) is 0 Å². The molecule has 0 saturated heterocycles. The number of carbonyl (C=O) groups excluding carboxylic acids is 2. The highest BCUT2D eigenvalue weighted by molar-refractivity contribution is 6.12. The van der Waals surface area contributed by atoms with Gasteiger partial charge in [0.1, 0.15) is 5.75 Å². The number of fused-ring (bicyclic) bond motifs is 1. The van der Waals surface area contributed by atoms with Crippen molar-refractivity contribution in [3.8, 4) is 5.75 Å². The summed E-state index contributed by atoms with van der Waals surface area (Å²) in [5.74, 6) is -0.614. The van der Waals surface area contributed by atoms with Crippen LogP contribution in [0.4, 0.5) is 0 Å². The van der Waals surface area contributed by atoms with E-state index in [9.17, 15) is 14.7 Å². The van der Waals surface area contributed by atoms with Gasteiger partial charge < -0.3 is 14.4 Å². The van der Waals surface area contributed by atoms with Crippen LogP contribution in [0.1, 0.15) is 53.2 Å². The summed E-state index contributed by atoms with van der Waals surface area (Å²) < 4.78 is 7.07. The Morgan fingerprint density at radius 1 is 1.43 bits per heavy atom. The number of ether oxygens (including phenoxy) is 1. The molecule has 0 unspecified atom stereocenters. The third-order valence-corrected chi connectivity index (χ3v) is 3.55. The Kier molecular flexibility index (Phi) is 4.02. The van der Waals surface area contributed by atoms with E-state index >= 15 is 0 Å². The summed E-state index contributed by atoms with van der Waals surface area (Å²) in [4.78, 5) is 23.6. The first kappa shape index (κ1) is 15.1. The summed E-state index contributed by atoms with van der Waals surface area (Å²) in [6.45, 7) is 7.79.